The summed E-state index contributed by atoms with van der Waals surface area (Å²) >= 11 is 1.38. The number of anilines is 1. The molecule has 1 amide bonds. The average molecular weight is 431 g/mol. The molecule has 152 valence electrons. The highest BCUT2D eigenvalue weighted by Crippen LogP contribution is 2.41. The van der Waals surface area contributed by atoms with E-state index in [1.54, 1.807) is 7.11 Å². The molecule has 2 aromatic carbocycles. The first kappa shape index (κ1) is 20.0. The summed E-state index contributed by atoms with van der Waals surface area (Å²) in [6.45, 7) is 1.98. The Morgan fingerprint density at radius 1 is 1.21 bits per heavy atom. The van der Waals surface area contributed by atoms with Crippen LogP contribution in [0.2, 0.25) is 0 Å². The Morgan fingerprint density at radius 3 is 2.76 bits per heavy atom. The van der Waals surface area contributed by atoms with Crippen molar-refractivity contribution < 1.29 is 17.9 Å². The minimum absolute atomic E-state index is 0.0625. The van der Waals surface area contributed by atoms with Gasteiger partial charge in [-0.2, -0.15) is 4.99 Å². The first-order valence-electron chi connectivity index (χ1n) is 9.32. The maximum absolute atomic E-state index is 12.7. The zero-order valence-electron chi connectivity index (χ0n) is 16.2. The van der Waals surface area contributed by atoms with Gasteiger partial charge in [0.2, 0.25) is 0 Å². The third kappa shape index (κ3) is 4.33. The summed E-state index contributed by atoms with van der Waals surface area (Å²) in [5.41, 5.74) is 2.79. The molecular formula is C21H22N2O4S2. The van der Waals surface area contributed by atoms with Crippen molar-refractivity contribution in [2.45, 2.75) is 24.6 Å². The van der Waals surface area contributed by atoms with Crippen LogP contribution in [0.4, 0.5) is 5.69 Å². The molecule has 0 bridgehead atoms. The van der Waals surface area contributed by atoms with Crippen LogP contribution in [0.3, 0.4) is 0 Å². The number of aliphatic imine (C=N–C) groups is 1. The molecule has 0 unspecified atom stereocenters. The SMILES string of the molecule is COc1cccc(N2C(=NC(=O)Cc3cccc(C)c3)S[C@H]3CS(=O)(=O)C[C@H]32)c1. The van der Waals surface area contributed by atoms with E-state index in [4.69, 9.17) is 4.74 Å². The minimum Gasteiger partial charge on any atom is -0.497 e. The van der Waals surface area contributed by atoms with Gasteiger partial charge in [-0.05, 0) is 24.6 Å². The van der Waals surface area contributed by atoms with Crippen LogP contribution < -0.4 is 9.64 Å². The molecule has 2 aliphatic heterocycles. The second kappa shape index (κ2) is 7.84. The van der Waals surface area contributed by atoms with Gasteiger partial charge in [-0.15, -0.1) is 0 Å². The Hall–Kier alpha value is -2.32. The van der Waals surface area contributed by atoms with Crippen molar-refractivity contribution >= 4 is 38.4 Å². The van der Waals surface area contributed by atoms with Crippen molar-refractivity contribution in [1.29, 1.82) is 0 Å². The van der Waals surface area contributed by atoms with E-state index in [2.05, 4.69) is 4.99 Å². The quantitative estimate of drug-likeness (QED) is 0.743. The van der Waals surface area contributed by atoms with Gasteiger partial charge in [0.15, 0.2) is 15.0 Å². The maximum atomic E-state index is 12.7. The van der Waals surface area contributed by atoms with E-state index in [9.17, 15) is 13.2 Å². The fourth-order valence-electron chi connectivity index (χ4n) is 3.77. The lowest BCUT2D eigenvalue weighted by atomic mass is 10.1. The fourth-order valence-corrected chi connectivity index (χ4v) is 7.70. The van der Waals surface area contributed by atoms with Crippen molar-refractivity contribution in [3.05, 3.63) is 59.7 Å². The normalized spacial score (nSPS) is 23.9. The summed E-state index contributed by atoms with van der Waals surface area (Å²) in [6, 6.07) is 15.0. The molecule has 0 aliphatic carbocycles. The molecule has 2 aliphatic rings. The van der Waals surface area contributed by atoms with E-state index < -0.39 is 9.84 Å². The molecule has 2 atom stereocenters. The Kier molecular flexibility index (Phi) is 5.40. The number of aryl methyl sites for hydroxylation is 1. The number of carbonyl (C=O) groups is 1. The second-order valence-corrected chi connectivity index (χ2v) is 10.7. The van der Waals surface area contributed by atoms with Crippen molar-refractivity contribution in [3.8, 4) is 5.75 Å². The maximum Gasteiger partial charge on any atom is 0.252 e. The van der Waals surface area contributed by atoms with Crippen LogP contribution in [-0.2, 0) is 21.1 Å². The molecule has 2 fully saturated rings. The smallest absolute Gasteiger partial charge is 0.252 e. The largest absolute Gasteiger partial charge is 0.497 e. The van der Waals surface area contributed by atoms with Gasteiger partial charge in [0, 0.05) is 17.0 Å². The predicted octanol–water partition coefficient (Wildman–Crippen LogP) is 2.85. The molecule has 0 radical (unpaired) electrons. The van der Waals surface area contributed by atoms with E-state index in [0.29, 0.717) is 10.9 Å². The molecule has 6 nitrogen and oxygen atoms in total. The van der Waals surface area contributed by atoms with E-state index in [-0.39, 0.29) is 35.1 Å². The van der Waals surface area contributed by atoms with Crippen molar-refractivity contribution in [1.82, 2.24) is 0 Å². The van der Waals surface area contributed by atoms with Crippen LogP contribution in [0.1, 0.15) is 11.1 Å². The molecule has 29 heavy (non-hydrogen) atoms. The van der Waals surface area contributed by atoms with Crippen LogP contribution in [0.5, 0.6) is 5.75 Å². The lowest BCUT2D eigenvalue weighted by Crippen LogP contribution is -2.37. The monoisotopic (exact) mass is 430 g/mol. The molecule has 4 rings (SSSR count). The number of amidine groups is 1. The first-order chi connectivity index (χ1) is 13.8. The number of hydrogen-bond donors (Lipinski definition) is 0. The molecule has 0 spiro atoms. The number of ether oxygens (including phenoxy) is 1. The first-order valence-corrected chi connectivity index (χ1v) is 12.0. The van der Waals surface area contributed by atoms with Gasteiger partial charge in [-0.25, -0.2) is 8.42 Å². The van der Waals surface area contributed by atoms with E-state index in [1.165, 1.54) is 11.8 Å². The minimum atomic E-state index is -3.10. The predicted molar refractivity (Wildman–Crippen MR) is 117 cm³/mol. The Labute approximate surface area is 174 Å². The third-order valence-electron chi connectivity index (χ3n) is 5.06. The second-order valence-electron chi connectivity index (χ2n) is 7.33. The zero-order valence-corrected chi connectivity index (χ0v) is 17.9. The van der Waals surface area contributed by atoms with Gasteiger partial charge in [0.1, 0.15) is 5.75 Å². The molecular weight excluding hydrogens is 408 g/mol. The number of sulfone groups is 1. The number of amides is 1. The van der Waals surface area contributed by atoms with Gasteiger partial charge in [0.25, 0.3) is 5.91 Å². The van der Waals surface area contributed by atoms with Gasteiger partial charge in [0.05, 0.1) is 31.1 Å². The summed E-state index contributed by atoms with van der Waals surface area (Å²) in [5.74, 6) is 0.594. The highest BCUT2D eigenvalue weighted by molar-refractivity contribution is 8.16. The Bertz CT molecular complexity index is 1080. The summed E-state index contributed by atoms with van der Waals surface area (Å²) in [7, 11) is -1.52. The number of fused-ring (bicyclic) bond motifs is 1. The van der Waals surface area contributed by atoms with E-state index in [1.807, 2.05) is 60.4 Å². The molecule has 8 heteroatoms. The summed E-state index contributed by atoms with van der Waals surface area (Å²) < 4.78 is 29.7. The Morgan fingerprint density at radius 2 is 2.00 bits per heavy atom. The topological polar surface area (TPSA) is 76.0 Å². The van der Waals surface area contributed by atoms with Crippen LogP contribution in [0, 0.1) is 6.92 Å². The van der Waals surface area contributed by atoms with Crippen LogP contribution in [0.15, 0.2) is 53.5 Å². The lowest BCUT2D eigenvalue weighted by Gasteiger charge is -2.24. The highest BCUT2D eigenvalue weighted by Gasteiger charge is 2.49. The van der Waals surface area contributed by atoms with Crippen molar-refractivity contribution in [2.24, 2.45) is 4.99 Å². The number of rotatable bonds is 4. The molecule has 0 N–H and O–H groups in total. The van der Waals surface area contributed by atoms with Gasteiger partial charge in [-0.3, -0.25) is 4.79 Å². The number of nitrogens with zero attached hydrogens (tertiary/aromatic N) is 2. The average Bonchev–Trinajstić information content (AvgIpc) is 3.12. The summed E-state index contributed by atoms with van der Waals surface area (Å²) in [6.07, 6.45) is 0.214. The standard InChI is InChI=1S/C21H22N2O4S2/c1-14-5-3-6-15(9-14)10-20(24)22-21-23(16-7-4-8-17(11-16)27-2)18-12-29(25,26)13-19(18)28-21/h3-9,11,18-19H,10,12-13H2,1-2H3/t18-,19+/m1/s1. The molecule has 0 saturated carbocycles. The molecule has 2 saturated heterocycles. The van der Waals surface area contributed by atoms with E-state index in [0.717, 1.165) is 16.8 Å². The molecule has 2 heterocycles. The third-order valence-corrected chi connectivity index (χ3v) is 8.27. The number of benzene rings is 2. The zero-order chi connectivity index (χ0) is 20.6. The van der Waals surface area contributed by atoms with E-state index >= 15 is 0 Å². The summed E-state index contributed by atoms with van der Waals surface area (Å²) in [5, 5.41) is 0.428. The van der Waals surface area contributed by atoms with Gasteiger partial charge in [-0.1, -0.05) is 47.7 Å². The van der Waals surface area contributed by atoms with Gasteiger partial charge >= 0.3 is 0 Å². The number of thioether (sulfide) groups is 1. The van der Waals surface area contributed by atoms with Gasteiger partial charge < -0.3 is 9.64 Å². The molecule has 2 aromatic rings. The number of carbonyl (C=O) groups excluding carboxylic acids is 1. The van der Waals surface area contributed by atoms with Crippen LogP contribution >= 0.6 is 11.8 Å². The summed E-state index contributed by atoms with van der Waals surface area (Å²) in [4.78, 5) is 18.9. The molecule has 0 aromatic heterocycles. The number of hydrogen-bond acceptors (Lipinski definition) is 5. The van der Waals surface area contributed by atoms with Crippen molar-refractivity contribution in [2.75, 3.05) is 23.5 Å². The fraction of sp³-hybridized carbons (Fsp3) is 0.333. The van der Waals surface area contributed by atoms with Crippen LogP contribution in [-0.4, -0.2) is 49.4 Å². The Balaban J connectivity index is 1.65. The van der Waals surface area contributed by atoms with Crippen LogP contribution in [0.25, 0.3) is 0 Å². The number of methoxy groups -OCH3 is 1. The highest BCUT2D eigenvalue weighted by atomic mass is 32.2. The lowest BCUT2D eigenvalue weighted by molar-refractivity contribution is -0.117. The van der Waals surface area contributed by atoms with Crippen molar-refractivity contribution in [3.63, 3.8) is 0 Å².